The summed E-state index contributed by atoms with van der Waals surface area (Å²) in [6, 6.07) is 0.460. The SMILES string of the molecule is CN(C)C(=O)[C@@H]1CN2CC[C@H]1C[C@@H]2Cn1cc(CN)nn1. The molecule has 3 aliphatic rings. The molecule has 0 saturated carbocycles. The van der Waals surface area contributed by atoms with Gasteiger partial charge in [0.1, 0.15) is 0 Å². The summed E-state index contributed by atoms with van der Waals surface area (Å²) in [7, 11) is 3.70. The molecular weight excluding hydrogens is 268 g/mol. The molecule has 21 heavy (non-hydrogen) atoms. The summed E-state index contributed by atoms with van der Waals surface area (Å²) in [5.41, 5.74) is 6.39. The van der Waals surface area contributed by atoms with E-state index in [2.05, 4.69) is 15.2 Å². The molecule has 1 aromatic heterocycles. The van der Waals surface area contributed by atoms with Gasteiger partial charge in [0, 0.05) is 39.4 Å². The standard InChI is InChI=1S/C14H24N6O/c1-18(2)14(21)13-9-19-4-3-10(13)5-12(19)8-20-7-11(6-15)16-17-20/h7,10,12-13H,3-6,8-9,15H2,1-2H3/t10-,12+,13+/m0/s1. The second kappa shape index (κ2) is 5.73. The van der Waals surface area contributed by atoms with Gasteiger partial charge in [-0.3, -0.25) is 14.4 Å². The quantitative estimate of drug-likeness (QED) is 0.812. The molecule has 4 atom stereocenters. The third-order valence-electron chi connectivity index (χ3n) is 4.83. The number of fused-ring (bicyclic) bond motifs is 3. The van der Waals surface area contributed by atoms with Crippen molar-refractivity contribution in [2.75, 3.05) is 27.2 Å². The molecule has 1 unspecified atom stereocenters. The third-order valence-corrected chi connectivity index (χ3v) is 4.83. The second-order valence-electron chi connectivity index (χ2n) is 6.41. The number of hydrogen-bond donors (Lipinski definition) is 1. The van der Waals surface area contributed by atoms with Crippen molar-refractivity contribution in [1.82, 2.24) is 24.8 Å². The van der Waals surface area contributed by atoms with E-state index in [0.717, 1.165) is 38.2 Å². The molecular formula is C14H24N6O. The van der Waals surface area contributed by atoms with Crippen molar-refractivity contribution in [3.05, 3.63) is 11.9 Å². The van der Waals surface area contributed by atoms with Crippen molar-refractivity contribution in [2.45, 2.75) is 32.0 Å². The van der Waals surface area contributed by atoms with Crippen LogP contribution in [0, 0.1) is 11.8 Å². The minimum absolute atomic E-state index is 0.167. The van der Waals surface area contributed by atoms with Gasteiger partial charge in [0.05, 0.1) is 18.2 Å². The summed E-state index contributed by atoms with van der Waals surface area (Å²) in [6.45, 7) is 3.23. The Morgan fingerprint density at radius 1 is 1.52 bits per heavy atom. The summed E-state index contributed by atoms with van der Waals surface area (Å²) in [6.07, 6.45) is 4.13. The van der Waals surface area contributed by atoms with Gasteiger partial charge < -0.3 is 10.6 Å². The molecule has 7 heteroatoms. The zero-order valence-corrected chi connectivity index (χ0v) is 12.8. The highest BCUT2D eigenvalue weighted by Crippen LogP contribution is 2.37. The van der Waals surface area contributed by atoms with Crippen LogP contribution < -0.4 is 5.73 Å². The van der Waals surface area contributed by atoms with Crippen molar-refractivity contribution in [3.8, 4) is 0 Å². The fourth-order valence-electron chi connectivity index (χ4n) is 3.68. The molecule has 0 spiro atoms. The summed E-state index contributed by atoms with van der Waals surface area (Å²) in [5, 5.41) is 8.17. The fourth-order valence-corrected chi connectivity index (χ4v) is 3.68. The maximum Gasteiger partial charge on any atom is 0.226 e. The van der Waals surface area contributed by atoms with Crippen LogP contribution in [0.1, 0.15) is 18.5 Å². The van der Waals surface area contributed by atoms with E-state index < -0.39 is 0 Å². The Kier molecular flexibility index (Phi) is 3.95. The number of aromatic nitrogens is 3. The van der Waals surface area contributed by atoms with E-state index in [-0.39, 0.29) is 11.8 Å². The first kappa shape index (κ1) is 14.5. The average Bonchev–Trinajstić information content (AvgIpc) is 2.94. The molecule has 0 aliphatic carbocycles. The number of rotatable bonds is 4. The molecule has 1 amide bonds. The largest absolute Gasteiger partial charge is 0.349 e. The molecule has 0 radical (unpaired) electrons. The van der Waals surface area contributed by atoms with Gasteiger partial charge in [-0.25, -0.2) is 0 Å². The van der Waals surface area contributed by atoms with Crippen LogP contribution in [0.2, 0.25) is 0 Å². The van der Waals surface area contributed by atoms with Gasteiger partial charge in [0.15, 0.2) is 0 Å². The monoisotopic (exact) mass is 292 g/mol. The predicted molar refractivity (Wildman–Crippen MR) is 78.2 cm³/mol. The highest BCUT2D eigenvalue weighted by Gasteiger charge is 2.43. The van der Waals surface area contributed by atoms with E-state index in [9.17, 15) is 4.79 Å². The summed E-state index contributed by atoms with van der Waals surface area (Å²) in [4.78, 5) is 16.4. The molecule has 1 aromatic rings. The minimum Gasteiger partial charge on any atom is -0.349 e. The Morgan fingerprint density at radius 3 is 2.90 bits per heavy atom. The highest BCUT2D eigenvalue weighted by atomic mass is 16.2. The number of carbonyl (C=O) groups is 1. The lowest BCUT2D eigenvalue weighted by molar-refractivity contribution is -0.141. The molecule has 3 fully saturated rings. The molecule has 2 bridgehead atoms. The van der Waals surface area contributed by atoms with Crippen molar-refractivity contribution in [2.24, 2.45) is 17.6 Å². The average molecular weight is 292 g/mol. The fraction of sp³-hybridized carbons (Fsp3) is 0.786. The molecule has 0 aromatic carbocycles. The summed E-state index contributed by atoms with van der Waals surface area (Å²) < 4.78 is 1.89. The van der Waals surface area contributed by atoms with Crippen LogP contribution in [0.15, 0.2) is 6.20 Å². The first-order chi connectivity index (χ1) is 10.1. The zero-order chi connectivity index (χ0) is 15.0. The lowest BCUT2D eigenvalue weighted by atomic mass is 9.75. The third kappa shape index (κ3) is 2.80. The molecule has 7 nitrogen and oxygen atoms in total. The van der Waals surface area contributed by atoms with E-state index in [1.165, 1.54) is 0 Å². The summed E-state index contributed by atoms with van der Waals surface area (Å²) >= 11 is 0. The zero-order valence-electron chi connectivity index (χ0n) is 12.8. The van der Waals surface area contributed by atoms with Crippen LogP contribution in [0.25, 0.3) is 0 Å². The maximum absolute atomic E-state index is 12.3. The van der Waals surface area contributed by atoms with E-state index in [0.29, 0.717) is 18.5 Å². The van der Waals surface area contributed by atoms with E-state index >= 15 is 0 Å². The number of hydrogen-bond acceptors (Lipinski definition) is 5. The van der Waals surface area contributed by atoms with Crippen LogP contribution in [0.5, 0.6) is 0 Å². The lowest BCUT2D eigenvalue weighted by Crippen LogP contribution is -2.57. The second-order valence-corrected chi connectivity index (χ2v) is 6.41. The first-order valence-corrected chi connectivity index (χ1v) is 7.62. The van der Waals surface area contributed by atoms with E-state index in [1.807, 2.05) is 25.0 Å². The van der Waals surface area contributed by atoms with Crippen molar-refractivity contribution in [1.29, 1.82) is 0 Å². The van der Waals surface area contributed by atoms with Crippen molar-refractivity contribution >= 4 is 5.91 Å². The van der Waals surface area contributed by atoms with Gasteiger partial charge in [0.2, 0.25) is 5.91 Å². The Morgan fingerprint density at radius 2 is 2.33 bits per heavy atom. The Hall–Kier alpha value is -1.47. The number of nitrogens with two attached hydrogens (primary N) is 1. The molecule has 3 aliphatic heterocycles. The molecule has 4 rings (SSSR count). The van der Waals surface area contributed by atoms with Crippen LogP contribution in [-0.2, 0) is 17.9 Å². The van der Waals surface area contributed by atoms with Crippen molar-refractivity contribution < 1.29 is 4.79 Å². The highest BCUT2D eigenvalue weighted by molar-refractivity contribution is 5.79. The Bertz CT molecular complexity index is 513. The van der Waals surface area contributed by atoms with Crippen LogP contribution in [0.3, 0.4) is 0 Å². The number of carbonyl (C=O) groups excluding carboxylic acids is 1. The van der Waals surface area contributed by atoms with Crippen molar-refractivity contribution in [3.63, 3.8) is 0 Å². The van der Waals surface area contributed by atoms with E-state index in [4.69, 9.17) is 5.73 Å². The molecule has 4 heterocycles. The van der Waals surface area contributed by atoms with Gasteiger partial charge in [-0.2, -0.15) is 0 Å². The summed E-state index contributed by atoms with van der Waals surface area (Å²) in [5.74, 6) is 0.946. The van der Waals surface area contributed by atoms with Gasteiger partial charge in [-0.15, -0.1) is 5.10 Å². The van der Waals surface area contributed by atoms with Gasteiger partial charge >= 0.3 is 0 Å². The molecule has 116 valence electrons. The van der Waals surface area contributed by atoms with Gasteiger partial charge in [-0.1, -0.05) is 5.21 Å². The smallest absolute Gasteiger partial charge is 0.226 e. The minimum atomic E-state index is 0.167. The molecule has 3 saturated heterocycles. The van der Waals surface area contributed by atoms with Crippen LogP contribution in [-0.4, -0.2) is 63.9 Å². The Labute approximate surface area is 125 Å². The lowest BCUT2D eigenvalue weighted by Gasteiger charge is -2.49. The van der Waals surface area contributed by atoms with Gasteiger partial charge in [-0.05, 0) is 25.3 Å². The number of piperidine rings is 3. The number of nitrogens with zero attached hydrogens (tertiary/aromatic N) is 5. The number of amides is 1. The van der Waals surface area contributed by atoms with Crippen LogP contribution >= 0.6 is 0 Å². The molecule has 2 N–H and O–H groups in total. The van der Waals surface area contributed by atoms with E-state index in [1.54, 1.807) is 4.90 Å². The normalized spacial score (nSPS) is 31.4. The predicted octanol–water partition coefficient (Wildman–Crippen LogP) is -0.465. The topological polar surface area (TPSA) is 80.3 Å². The maximum atomic E-state index is 12.3. The first-order valence-electron chi connectivity index (χ1n) is 7.62. The van der Waals surface area contributed by atoms with Gasteiger partial charge in [0.25, 0.3) is 0 Å². The Balaban J connectivity index is 1.65. The van der Waals surface area contributed by atoms with Crippen LogP contribution in [0.4, 0.5) is 0 Å².